The maximum Gasteiger partial charge on any atom is 0.373 e. The first-order valence-corrected chi connectivity index (χ1v) is 8.18. The number of nitro groups is 1. The summed E-state index contributed by atoms with van der Waals surface area (Å²) in [6, 6.07) is 7.13. The van der Waals surface area contributed by atoms with Gasteiger partial charge in [0, 0.05) is 12.6 Å². The SMILES string of the molecule is COc1ccccc1Oc1ncnc(N2CCCCC2C)c1[N+](=O)[O-]. The molecule has 1 aliphatic rings. The summed E-state index contributed by atoms with van der Waals surface area (Å²) in [7, 11) is 1.51. The van der Waals surface area contributed by atoms with Gasteiger partial charge in [-0.3, -0.25) is 10.1 Å². The molecule has 0 aliphatic carbocycles. The number of methoxy groups -OCH3 is 1. The van der Waals surface area contributed by atoms with Crippen LogP contribution in [0, 0.1) is 10.1 Å². The highest BCUT2D eigenvalue weighted by molar-refractivity contribution is 5.64. The van der Waals surface area contributed by atoms with Crippen LogP contribution in [0.1, 0.15) is 26.2 Å². The van der Waals surface area contributed by atoms with Crippen molar-refractivity contribution in [1.29, 1.82) is 0 Å². The first kappa shape index (κ1) is 16.9. The molecule has 3 rings (SSSR count). The zero-order valence-corrected chi connectivity index (χ0v) is 14.2. The molecule has 1 saturated heterocycles. The van der Waals surface area contributed by atoms with Crippen LogP contribution in [-0.2, 0) is 0 Å². The topological polar surface area (TPSA) is 90.6 Å². The number of hydrogen-bond donors (Lipinski definition) is 0. The number of benzene rings is 1. The predicted molar refractivity (Wildman–Crippen MR) is 92.4 cm³/mol. The molecule has 1 aromatic heterocycles. The van der Waals surface area contributed by atoms with Crippen molar-refractivity contribution in [3.05, 3.63) is 40.7 Å². The fourth-order valence-corrected chi connectivity index (χ4v) is 3.02. The minimum absolute atomic E-state index is 0.0859. The Morgan fingerprint density at radius 3 is 2.68 bits per heavy atom. The van der Waals surface area contributed by atoms with Crippen LogP contribution >= 0.6 is 0 Å². The van der Waals surface area contributed by atoms with E-state index in [2.05, 4.69) is 9.97 Å². The van der Waals surface area contributed by atoms with Gasteiger partial charge in [-0.1, -0.05) is 12.1 Å². The number of para-hydroxylation sites is 2. The second-order valence-corrected chi connectivity index (χ2v) is 5.90. The average Bonchev–Trinajstić information content (AvgIpc) is 2.62. The zero-order valence-electron chi connectivity index (χ0n) is 14.2. The summed E-state index contributed by atoms with van der Waals surface area (Å²) in [4.78, 5) is 21.4. The van der Waals surface area contributed by atoms with Gasteiger partial charge in [0.05, 0.1) is 12.0 Å². The number of rotatable bonds is 5. The Balaban J connectivity index is 2.02. The van der Waals surface area contributed by atoms with E-state index in [9.17, 15) is 10.1 Å². The second-order valence-electron chi connectivity index (χ2n) is 5.90. The van der Waals surface area contributed by atoms with Gasteiger partial charge >= 0.3 is 11.6 Å². The molecule has 0 saturated carbocycles. The number of hydrogen-bond acceptors (Lipinski definition) is 7. The molecule has 8 nitrogen and oxygen atoms in total. The molecule has 0 bridgehead atoms. The van der Waals surface area contributed by atoms with Crippen LogP contribution in [0.5, 0.6) is 17.4 Å². The van der Waals surface area contributed by atoms with Gasteiger partial charge in [0.15, 0.2) is 11.5 Å². The van der Waals surface area contributed by atoms with Crippen LogP contribution in [0.25, 0.3) is 0 Å². The van der Waals surface area contributed by atoms with E-state index < -0.39 is 4.92 Å². The quantitative estimate of drug-likeness (QED) is 0.605. The van der Waals surface area contributed by atoms with E-state index in [-0.39, 0.29) is 17.6 Å². The maximum absolute atomic E-state index is 11.7. The number of anilines is 1. The highest BCUT2D eigenvalue weighted by Gasteiger charge is 2.32. The van der Waals surface area contributed by atoms with E-state index in [1.54, 1.807) is 24.3 Å². The highest BCUT2D eigenvalue weighted by atomic mass is 16.6. The number of piperidine rings is 1. The predicted octanol–water partition coefficient (Wildman–Crippen LogP) is 3.56. The first-order chi connectivity index (χ1) is 12.1. The molecular weight excluding hydrogens is 324 g/mol. The number of ether oxygens (including phenoxy) is 2. The van der Waals surface area contributed by atoms with Crippen molar-refractivity contribution in [1.82, 2.24) is 9.97 Å². The molecule has 1 aliphatic heterocycles. The third-order valence-electron chi connectivity index (χ3n) is 4.30. The molecule has 2 aromatic rings. The lowest BCUT2D eigenvalue weighted by atomic mass is 10.0. The number of aromatic nitrogens is 2. The Kier molecular flexibility index (Phi) is 4.97. The normalized spacial score (nSPS) is 17.2. The summed E-state index contributed by atoms with van der Waals surface area (Å²) in [5.41, 5.74) is -0.220. The van der Waals surface area contributed by atoms with Gasteiger partial charge < -0.3 is 14.4 Å². The van der Waals surface area contributed by atoms with Gasteiger partial charge in [0.25, 0.3) is 0 Å². The van der Waals surface area contributed by atoms with E-state index in [1.807, 2.05) is 11.8 Å². The summed E-state index contributed by atoms with van der Waals surface area (Å²) in [5.74, 6) is 1.06. The molecule has 0 N–H and O–H groups in total. The summed E-state index contributed by atoms with van der Waals surface area (Å²) in [6.45, 7) is 2.78. The molecule has 0 radical (unpaired) electrons. The minimum Gasteiger partial charge on any atom is -0.493 e. The lowest BCUT2D eigenvalue weighted by Gasteiger charge is -2.33. The van der Waals surface area contributed by atoms with Crippen LogP contribution in [0.4, 0.5) is 11.5 Å². The lowest BCUT2D eigenvalue weighted by molar-refractivity contribution is -0.385. The molecule has 1 aromatic carbocycles. The fraction of sp³-hybridized carbons (Fsp3) is 0.412. The van der Waals surface area contributed by atoms with Crippen molar-refractivity contribution in [3.8, 4) is 17.4 Å². The summed E-state index contributed by atoms with van der Waals surface area (Å²) in [6.07, 6.45) is 4.37. The largest absolute Gasteiger partial charge is 0.493 e. The van der Waals surface area contributed by atoms with E-state index in [0.717, 1.165) is 25.8 Å². The van der Waals surface area contributed by atoms with Crippen LogP contribution in [0.15, 0.2) is 30.6 Å². The molecule has 0 amide bonds. The van der Waals surface area contributed by atoms with Gasteiger partial charge in [0.2, 0.25) is 5.82 Å². The molecule has 0 spiro atoms. The van der Waals surface area contributed by atoms with Gasteiger partial charge in [-0.2, -0.15) is 4.98 Å². The third kappa shape index (κ3) is 3.47. The molecule has 25 heavy (non-hydrogen) atoms. The fourth-order valence-electron chi connectivity index (χ4n) is 3.02. The van der Waals surface area contributed by atoms with Gasteiger partial charge in [-0.25, -0.2) is 4.98 Å². The smallest absolute Gasteiger partial charge is 0.373 e. The summed E-state index contributed by atoms with van der Waals surface area (Å²) >= 11 is 0. The van der Waals surface area contributed by atoms with Crippen molar-refractivity contribution in [3.63, 3.8) is 0 Å². The minimum atomic E-state index is -0.485. The van der Waals surface area contributed by atoms with Crippen molar-refractivity contribution in [2.75, 3.05) is 18.6 Å². The van der Waals surface area contributed by atoms with Gasteiger partial charge in [-0.15, -0.1) is 0 Å². The zero-order chi connectivity index (χ0) is 17.8. The highest BCUT2D eigenvalue weighted by Crippen LogP contribution is 2.40. The van der Waals surface area contributed by atoms with Crippen LogP contribution in [0.2, 0.25) is 0 Å². The van der Waals surface area contributed by atoms with Crippen molar-refractivity contribution in [2.45, 2.75) is 32.2 Å². The average molecular weight is 344 g/mol. The van der Waals surface area contributed by atoms with Crippen LogP contribution in [-0.4, -0.2) is 34.6 Å². The molecule has 1 unspecified atom stereocenters. The molecule has 2 heterocycles. The first-order valence-electron chi connectivity index (χ1n) is 8.18. The number of nitrogens with zero attached hydrogens (tertiary/aromatic N) is 4. The molecular formula is C17H20N4O4. The Labute approximate surface area is 145 Å². The van der Waals surface area contributed by atoms with E-state index in [0.29, 0.717) is 17.3 Å². The van der Waals surface area contributed by atoms with E-state index in [1.165, 1.54) is 13.4 Å². The van der Waals surface area contributed by atoms with Crippen LogP contribution < -0.4 is 14.4 Å². The molecule has 132 valence electrons. The van der Waals surface area contributed by atoms with Gasteiger partial charge in [0.1, 0.15) is 6.33 Å². The van der Waals surface area contributed by atoms with Crippen LogP contribution in [0.3, 0.4) is 0 Å². The van der Waals surface area contributed by atoms with Crippen molar-refractivity contribution < 1.29 is 14.4 Å². The Morgan fingerprint density at radius 2 is 2.00 bits per heavy atom. The lowest BCUT2D eigenvalue weighted by Crippen LogP contribution is -2.38. The third-order valence-corrected chi connectivity index (χ3v) is 4.30. The van der Waals surface area contributed by atoms with Gasteiger partial charge in [-0.05, 0) is 38.3 Å². The monoisotopic (exact) mass is 344 g/mol. The molecule has 1 fully saturated rings. The van der Waals surface area contributed by atoms with E-state index in [4.69, 9.17) is 9.47 Å². The Bertz CT molecular complexity index is 768. The Hall–Kier alpha value is -2.90. The van der Waals surface area contributed by atoms with Crippen molar-refractivity contribution in [2.24, 2.45) is 0 Å². The standard InChI is InChI=1S/C17H20N4O4/c1-12-7-5-6-10-20(12)16-15(21(22)23)17(19-11-18-16)25-14-9-4-3-8-13(14)24-2/h3-4,8-9,11-12H,5-7,10H2,1-2H3. The summed E-state index contributed by atoms with van der Waals surface area (Å²) < 4.78 is 10.9. The maximum atomic E-state index is 11.7. The molecule has 8 heteroatoms. The molecule has 1 atom stereocenters. The Morgan fingerprint density at radius 1 is 1.24 bits per heavy atom. The second kappa shape index (κ2) is 7.33. The summed E-state index contributed by atoms with van der Waals surface area (Å²) in [5, 5.41) is 11.7. The van der Waals surface area contributed by atoms with E-state index >= 15 is 0 Å². The van der Waals surface area contributed by atoms with Crippen molar-refractivity contribution >= 4 is 11.5 Å².